The van der Waals surface area contributed by atoms with Gasteiger partial charge < -0.3 is 4.90 Å². The largest absolute Gasteiger partial charge is 0.352 e. The quantitative estimate of drug-likeness (QED) is 0.803. The van der Waals surface area contributed by atoms with Crippen LogP contribution in [-0.4, -0.2) is 49.1 Å². The Hall–Kier alpha value is -2.28. The van der Waals surface area contributed by atoms with Gasteiger partial charge in [0.05, 0.1) is 9.92 Å². The first-order valence-corrected chi connectivity index (χ1v) is 9.17. The summed E-state index contributed by atoms with van der Waals surface area (Å²) >= 11 is 5.68. The van der Waals surface area contributed by atoms with E-state index in [1.54, 1.807) is 12.1 Å². The number of hydrogen-bond donors (Lipinski definition) is 0. The molecule has 1 aromatic carbocycles. The van der Waals surface area contributed by atoms with Crippen LogP contribution >= 0.6 is 11.6 Å². The van der Waals surface area contributed by atoms with Crippen molar-refractivity contribution in [2.75, 3.05) is 31.1 Å². The number of piperazine rings is 1. The number of rotatable bonds is 3. The second-order valence-corrected chi connectivity index (χ2v) is 7.70. The Labute approximate surface area is 149 Å². The van der Waals surface area contributed by atoms with Crippen molar-refractivity contribution in [3.8, 4) is 6.07 Å². The summed E-state index contributed by atoms with van der Waals surface area (Å²) in [5.74, 6) is -0.0781. The maximum atomic E-state index is 13.2. The number of halogens is 2. The lowest BCUT2D eigenvalue weighted by molar-refractivity contribution is 0.383. The second kappa shape index (κ2) is 6.92. The van der Waals surface area contributed by atoms with Gasteiger partial charge in [-0.1, -0.05) is 11.6 Å². The molecule has 1 saturated heterocycles. The molecule has 7 nitrogen and oxygen atoms in total. The van der Waals surface area contributed by atoms with Crippen LogP contribution in [0.2, 0.25) is 5.02 Å². The van der Waals surface area contributed by atoms with Crippen molar-refractivity contribution in [3.63, 3.8) is 0 Å². The van der Waals surface area contributed by atoms with Crippen LogP contribution in [0.5, 0.6) is 0 Å². The third-order valence-corrected chi connectivity index (χ3v) is 6.04. The number of sulfonamides is 1. The number of anilines is 1. The number of hydrogen-bond acceptors (Lipinski definition) is 6. The van der Waals surface area contributed by atoms with Crippen LogP contribution in [0.1, 0.15) is 5.69 Å². The Morgan fingerprint density at radius 1 is 1.12 bits per heavy atom. The van der Waals surface area contributed by atoms with Gasteiger partial charge in [-0.05, 0) is 30.3 Å². The summed E-state index contributed by atoms with van der Waals surface area (Å²) in [6.45, 7) is 1.35. The normalized spacial score (nSPS) is 15.8. The average Bonchev–Trinajstić information content (AvgIpc) is 2.64. The summed E-state index contributed by atoms with van der Waals surface area (Å²) in [7, 11) is -3.74. The highest BCUT2D eigenvalue weighted by molar-refractivity contribution is 7.89. The molecular formula is C15H13ClFN5O2S. The summed E-state index contributed by atoms with van der Waals surface area (Å²) < 4.78 is 39.8. The molecule has 1 aliphatic heterocycles. The van der Waals surface area contributed by atoms with E-state index in [2.05, 4.69) is 10.2 Å². The molecule has 0 amide bonds. The molecule has 0 spiro atoms. The van der Waals surface area contributed by atoms with Gasteiger partial charge in [0, 0.05) is 26.2 Å². The molecule has 0 atom stereocenters. The van der Waals surface area contributed by atoms with E-state index in [1.165, 1.54) is 10.4 Å². The van der Waals surface area contributed by atoms with Crippen molar-refractivity contribution in [1.29, 1.82) is 5.26 Å². The summed E-state index contributed by atoms with van der Waals surface area (Å²) in [5, 5.41) is 16.2. The van der Waals surface area contributed by atoms with Crippen molar-refractivity contribution in [3.05, 3.63) is 46.9 Å². The third kappa shape index (κ3) is 3.56. The fourth-order valence-corrected chi connectivity index (χ4v) is 4.19. The van der Waals surface area contributed by atoms with Gasteiger partial charge in [-0.15, -0.1) is 10.2 Å². The first kappa shape index (κ1) is 17.5. The van der Waals surface area contributed by atoms with Crippen molar-refractivity contribution < 1.29 is 12.8 Å². The number of benzene rings is 1. The van der Waals surface area contributed by atoms with E-state index in [0.717, 1.165) is 12.1 Å². The van der Waals surface area contributed by atoms with Crippen LogP contribution in [0.3, 0.4) is 0 Å². The van der Waals surface area contributed by atoms with Crippen molar-refractivity contribution >= 4 is 27.4 Å². The SMILES string of the molecule is N#Cc1ccc(N2CCN(S(=O)(=O)c3ccc(F)c(Cl)c3)CC2)nn1. The topological polar surface area (TPSA) is 90.2 Å². The van der Waals surface area contributed by atoms with E-state index in [1.807, 2.05) is 11.0 Å². The highest BCUT2D eigenvalue weighted by atomic mass is 35.5. The predicted molar refractivity (Wildman–Crippen MR) is 89.1 cm³/mol. The Morgan fingerprint density at radius 2 is 1.84 bits per heavy atom. The molecule has 2 aromatic rings. The number of aromatic nitrogens is 2. The van der Waals surface area contributed by atoms with E-state index in [9.17, 15) is 12.8 Å². The summed E-state index contributed by atoms with van der Waals surface area (Å²) in [6, 6.07) is 8.49. The van der Waals surface area contributed by atoms with Crippen LogP contribution < -0.4 is 4.90 Å². The summed E-state index contributed by atoms with van der Waals surface area (Å²) in [6.07, 6.45) is 0. The lowest BCUT2D eigenvalue weighted by Gasteiger charge is -2.34. The minimum atomic E-state index is -3.74. The first-order valence-electron chi connectivity index (χ1n) is 7.36. The molecule has 0 aliphatic carbocycles. The molecule has 1 aromatic heterocycles. The van der Waals surface area contributed by atoms with Crippen molar-refractivity contribution in [1.82, 2.24) is 14.5 Å². The van der Waals surface area contributed by atoms with E-state index in [-0.39, 0.29) is 28.7 Å². The molecule has 25 heavy (non-hydrogen) atoms. The highest BCUT2D eigenvalue weighted by Crippen LogP contribution is 2.24. The van der Waals surface area contributed by atoms with Gasteiger partial charge in [0.2, 0.25) is 10.0 Å². The molecule has 0 bridgehead atoms. The molecule has 0 saturated carbocycles. The van der Waals surface area contributed by atoms with Gasteiger partial charge in [0.15, 0.2) is 11.5 Å². The Morgan fingerprint density at radius 3 is 2.40 bits per heavy atom. The molecule has 1 aliphatic rings. The molecule has 2 heterocycles. The van der Waals surface area contributed by atoms with Crippen molar-refractivity contribution in [2.24, 2.45) is 0 Å². The highest BCUT2D eigenvalue weighted by Gasteiger charge is 2.29. The smallest absolute Gasteiger partial charge is 0.243 e. The summed E-state index contributed by atoms with van der Waals surface area (Å²) in [4.78, 5) is 1.85. The minimum Gasteiger partial charge on any atom is -0.352 e. The zero-order chi connectivity index (χ0) is 18.0. The lowest BCUT2D eigenvalue weighted by atomic mass is 10.3. The third-order valence-electron chi connectivity index (χ3n) is 3.86. The Kier molecular flexibility index (Phi) is 4.85. The predicted octanol–water partition coefficient (Wildman–Crippen LogP) is 1.65. The maximum Gasteiger partial charge on any atom is 0.243 e. The fraction of sp³-hybridized carbons (Fsp3) is 0.267. The first-order chi connectivity index (χ1) is 11.9. The van der Waals surface area contributed by atoms with Crippen LogP contribution in [0, 0.1) is 17.1 Å². The van der Waals surface area contributed by atoms with E-state index < -0.39 is 15.8 Å². The van der Waals surface area contributed by atoms with Crippen LogP contribution in [0.4, 0.5) is 10.2 Å². The van der Waals surface area contributed by atoms with Crippen LogP contribution in [-0.2, 0) is 10.0 Å². The zero-order valence-corrected chi connectivity index (χ0v) is 14.5. The molecule has 3 rings (SSSR count). The molecule has 0 unspecified atom stereocenters. The van der Waals surface area contributed by atoms with Gasteiger partial charge in [-0.25, -0.2) is 12.8 Å². The van der Waals surface area contributed by atoms with Crippen LogP contribution in [0.15, 0.2) is 35.2 Å². The van der Waals surface area contributed by atoms with Crippen molar-refractivity contribution in [2.45, 2.75) is 4.90 Å². The van der Waals surface area contributed by atoms with Gasteiger partial charge >= 0.3 is 0 Å². The maximum absolute atomic E-state index is 13.2. The van der Waals surface area contributed by atoms with E-state index in [0.29, 0.717) is 18.9 Å². The fourth-order valence-electron chi connectivity index (χ4n) is 2.50. The van der Waals surface area contributed by atoms with Crippen LogP contribution in [0.25, 0.3) is 0 Å². The zero-order valence-electron chi connectivity index (χ0n) is 12.9. The minimum absolute atomic E-state index is 0.0366. The molecule has 0 N–H and O–H groups in total. The number of nitrogens with zero attached hydrogens (tertiary/aromatic N) is 5. The molecule has 1 fully saturated rings. The number of nitriles is 1. The van der Waals surface area contributed by atoms with E-state index >= 15 is 0 Å². The monoisotopic (exact) mass is 381 g/mol. The van der Waals surface area contributed by atoms with Gasteiger partial charge in [0.1, 0.15) is 11.9 Å². The average molecular weight is 382 g/mol. The standard InChI is InChI=1S/C15H13ClFN5O2S/c16-13-9-12(2-3-14(13)17)25(23,24)22-7-5-21(6-8-22)15-4-1-11(10-18)19-20-15/h1-4,9H,5-8H2. The van der Waals surface area contributed by atoms with E-state index in [4.69, 9.17) is 16.9 Å². The van der Waals surface area contributed by atoms with Gasteiger partial charge in [0.25, 0.3) is 0 Å². The Bertz CT molecular complexity index is 922. The lowest BCUT2D eigenvalue weighted by Crippen LogP contribution is -2.49. The van der Waals surface area contributed by atoms with Gasteiger partial charge in [-0.2, -0.15) is 9.57 Å². The molecule has 0 radical (unpaired) electrons. The summed E-state index contributed by atoms with van der Waals surface area (Å²) in [5.41, 5.74) is 0.221. The molecule has 10 heteroatoms. The molecular weight excluding hydrogens is 369 g/mol. The second-order valence-electron chi connectivity index (χ2n) is 5.36. The Balaban J connectivity index is 1.72. The van der Waals surface area contributed by atoms with Gasteiger partial charge in [-0.3, -0.25) is 0 Å². The molecule has 130 valence electrons.